The number of carbonyl (C=O) groups excluding carboxylic acids is 3. The zero-order valence-corrected chi connectivity index (χ0v) is 17.4. The number of hydrogen-bond acceptors (Lipinski definition) is 5. The summed E-state index contributed by atoms with van der Waals surface area (Å²) in [6.45, 7) is 1.86. The van der Waals surface area contributed by atoms with Crippen molar-refractivity contribution in [2.45, 2.75) is 51.9 Å². The van der Waals surface area contributed by atoms with Gasteiger partial charge in [-0.25, -0.2) is 4.79 Å². The Labute approximate surface area is 174 Å². The van der Waals surface area contributed by atoms with E-state index in [0.29, 0.717) is 23.4 Å². The third kappa shape index (κ3) is 5.67. The SMILES string of the molecule is CCOC(=O)NC(=O)c1c(NC(=O)CCc2ccccc2)sc2c1CCCCC2. The second-order valence-corrected chi connectivity index (χ2v) is 8.08. The van der Waals surface area contributed by atoms with Gasteiger partial charge in [0.05, 0.1) is 12.2 Å². The Kier molecular flexibility index (Phi) is 7.41. The predicted octanol–water partition coefficient (Wildman–Crippen LogP) is 4.47. The minimum Gasteiger partial charge on any atom is -0.450 e. The van der Waals surface area contributed by atoms with Crippen LogP contribution in [-0.2, 0) is 28.8 Å². The fraction of sp³-hybridized carbons (Fsp3) is 0.409. The summed E-state index contributed by atoms with van der Waals surface area (Å²) < 4.78 is 4.83. The van der Waals surface area contributed by atoms with Gasteiger partial charge >= 0.3 is 6.09 Å². The minimum atomic E-state index is -0.771. The third-order valence-corrected chi connectivity index (χ3v) is 6.08. The van der Waals surface area contributed by atoms with Crippen LogP contribution in [0.5, 0.6) is 0 Å². The summed E-state index contributed by atoms with van der Waals surface area (Å²) in [5.41, 5.74) is 2.45. The fourth-order valence-electron chi connectivity index (χ4n) is 3.48. The molecule has 6 nitrogen and oxygen atoms in total. The van der Waals surface area contributed by atoms with Crippen LogP contribution in [0.2, 0.25) is 0 Å². The van der Waals surface area contributed by atoms with Gasteiger partial charge in [0.2, 0.25) is 5.91 Å². The standard InChI is InChI=1S/C22H26N2O4S/c1-2-28-22(27)24-20(26)19-16-11-7-4-8-12-17(16)29-21(19)23-18(25)14-13-15-9-5-3-6-10-15/h3,5-6,9-10H,2,4,7-8,11-14H2,1H3,(H,23,25)(H,24,26,27). The summed E-state index contributed by atoms with van der Waals surface area (Å²) in [4.78, 5) is 38.2. The van der Waals surface area contributed by atoms with Crippen molar-refractivity contribution in [3.8, 4) is 0 Å². The fourth-order valence-corrected chi connectivity index (χ4v) is 4.79. The molecule has 154 valence electrons. The molecule has 0 atom stereocenters. The first-order chi connectivity index (χ1) is 14.1. The Morgan fingerprint density at radius 1 is 1.07 bits per heavy atom. The average Bonchev–Trinajstić information content (AvgIpc) is 2.88. The number of benzene rings is 1. The molecule has 0 spiro atoms. The van der Waals surface area contributed by atoms with E-state index >= 15 is 0 Å². The maximum atomic E-state index is 12.8. The molecule has 0 aliphatic heterocycles. The molecule has 2 aromatic rings. The Morgan fingerprint density at radius 3 is 2.59 bits per heavy atom. The molecule has 1 heterocycles. The van der Waals surface area contributed by atoms with Crippen molar-refractivity contribution in [2.24, 2.45) is 0 Å². The highest BCUT2D eigenvalue weighted by molar-refractivity contribution is 7.17. The Balaban J connectivity index is 1.76. The predicted molar refractivity (Wildman–Crippen MR) is 113 cm³/mol. The number of nitrogens with one attached hydrogen (secondary N) is 2. The second-order valence-electron chi connectivity index (χ2n) is 6.98. The number of alkyl carbamates (subject to hydrolysis) is 1. The molecule has 1 aliphatic rings. The Bertz CT molecular complexity index is 876. The molecule has 0 bridgehead atoms. The van der Waals surface area contributed by atoms with Gasteiger partial charge in [-0.3, -0.25) is 14.9 Å². The highest BCUT2D eigenvalue weighted by Gasteiger charge is 2.26. The molecule has 29 heavy (non-hydrogen) atoms. The lowest BCUT2D eigenvalue weighted by molar-refractivity contribution is -0.116. The molecule has 0 saturated carbocycles. The molecule has 0 unspecified atom stereocenters. The molecular formula is C22H26N2O4S. The molecule has 3 rings (SSSR count). The Morgan fingerprint density at radius 2 is 1.83 bits per heavy atom. The lowest BCUT2D eigenvalue weighted by atomic mass is 10.0. The van der Waals surface area contributed by atoms with Crippen molar-refractivity contribution < 1.29 is 19.1 Å². The maximum absolute atomic E-state index is 12.8. The van der Waals surface area contributed by atoms with Gasteiger partial charge < -0.3 is 10.1 Å². The van der Waals surface area contributed by atoms with Crippen LogP contribution in [0, 0.1) is 0 Å². The van der Waals surface area contributed by atoms with Gasteiger partial charge in [-0.15, -0.1) is 11.3 Å². The number of fused-ring (bicyclic) bond motifs is 1. The van der Waals surface area contributed by atoms with Crippen molar-refractivity contribution in [3.63, 3.8) is 0 Å². The number of rotatable bonds is 6. The van der Waals surface area contributed by atoms with E-state index in [1.807, 2.05) is 30.3 Å². The molecule has 0 fully saturated rings. The van der Waals surface area contributed by atoms with E-state index in [1.165, 1.54) is 11.3 Å². The van der Waals surface area contributed by atoms with Crippen LogP contribution in [0.1, 0.15) is 59.0 Å². The number of carbonyl (C=O) groups is 3. The maximum Gasteiger partial charge on any atom is 0.414 e. The number of anilines is 1. The summed E-state index contributed by atoms with van der Waals surface area (Å²) in [7, 11) is 0. The van der Waals surface area contributed by atoms with Crippen molar-refractivity contribution in [2.75, 3.05) is 11.9 Å². The zero-order valence-electron chi connectivity index (χ0n) is 16.6. The number of hydrogen-bond donors (Lipinski definition) is 2. The zero-order chi connectivity index (χ0) is 20.6. The van der Waals surface area contributed by atoms with Crippen molar-refractivity contribution in [1.82, 2.24) is 5.32 Å². The lowest BCUT2D eigenvalue weighted by Gasteiger charge is -2.09. The van der Waals surface area contributed by atoms with E-state index in [-0.39, 0.29) is 12.5 Å². The summed E-state index contributed by atoms with van der Waals surface area (Å²) in [5.74, 6) is -0.656. The molecule has 2 N–H and O–H groups in total. The number of thiophene rings is 1. The van der Waals surface area contributed by atoms with Crippen molar-refractivity contribution >= 4 is 34.2 Å². The normalized spacial score (nSPS) is 13.1. The van der Waals surface area contributed by atoms with Crippen LogP contribution in [0.25, 0.3) is 0 Å². The highest BCUT2D eigenvalue weighted by atomic mass is 32.1. The molecule has 0 radical (unpaired) electrons. The quantitative estimate of drug-likeness (QED) is 0.683. The smallest absolute Gasteiger partial charge is 0.414 e. The molecular weight excluding hydrogens is 388 g/mol. The van der Waals surface area contributed by atoms with Gasteiger partial charge in [0, 0.05) is 11.3 Å². The van der Waals surface area contributed by atoms with E-state index in [9.17, 15) is 14.4 Å². The van der Waals surface area contributed by atoms with Crippen LogP contribution in [-0.4, -0.2) is 24.5 Å². The third-order valence-electron chi connectivity index (χ3n) is 4.88. The van der Waals surface area contributed by atoms with E-state index in [4.69, 9.17) is 4.74 Å². The Hall–Kier alpha value is -2.67. The summed E-state index contributed by atoms with van der Waals surface area (Å²) in [6, 6.07) is 9.80. The molecule has 7 heteroatoms. The van der Waals surface area contributed by atoms with E-state index < -0.39 is 12.0 Å². The molecule has 1 aromatic carbocycles. The first kappa shape index (κ1) is 21.0. The van der Waals surface area contributed by atoms with Crippen LogP contribution >= 0.6 is 11.3 Å². The molecule has 0 saturated heterocycles. The minimum absolute atomic E-state index is 0.143. The first-order valence-electron chi connectivity index (χ1n) is 10.0. The molecule has 1 aliphatic carbocycles. The second kappa shape index (κ2) is 10.2. The highest BCUT2D eigenvalue weighted by Crippen LogP contribution is 2.37. The van der Waals surface area contributed by atoms with Crippen molar-refractivity contribution in [3.05, 3.63) is 51.9 Å². The first-order valence-corrected chi connectivity index (χ1v) is 10.9. The largest absolute Gasteiger partial charge is 0.450 e. The molecule has 3 amide bonds. The average molecular weight is 415 g/mol. The number of aryl methyl sites for hydroxylation is 2. The number of amides is 3. The monoisotopic (exact) mass is 414 g/mol. The van der Waals surface area contributed by atoms with Gasteiger partial charge in [0.1, 0.15) is 5.00 Å². The van der Waals surface area contributed by atoms with Crippen LogP contribution in [0.15, 0.2) is 30.3 Å². The van der Waals surface area contributed by atoms with Crippen LogP contribution in [0.3, 0.4) is 0 Å². The topological polar surface area (TPSA) is 84.5 Å². The van der Waals surface area contributed by atoms with Gasteiger partial charge in [0.15, 0.2) is 0 Å². The number of ether oxygens (including phenoxy) is 1. The van der Waals surface area contributed by atoms with E-state index in [1.54, 1.807) is 6.92 Å². The van der Waals surface area contributed by atoms with Gasteiger partial charge in [-0.1, -0.05) is 36.8 Å². The summed E-state index contributed by atoms with van der Waals surface area (Å²) in [6.07, 6.45) is 5.01. The molecule has 1 aromatic heterocycles. The lowest BCUT2D eigenvalue weighted by Crippen LogP contribution is -2.32. The number of imide groups is 1. The summed E-state index contributed by atoms with van der Waals surface area (Å²) >= 11 is 1.45. The van der Waals surface area contributed by atoms with Crippen molar-refractivity contribution in [1.29, 1.82) is 0 Å². The van der Waals surface area contributed by atoms with E-state index in [2.05, 4.69) is 10.6 Å². The van der Waals surface area contributed by atoms with Gasteiger partial charge in [-0.2, -0.15) is 0 Å². The van der Waals surface area contributed by atoms with Crippen LogP contribution < -0.4 is 10.6 Å². The van der Waals surface area contributed by atoms with Crippen LogP contribution in [0.4, 0.5) is 9.80 Å². The van der Waals surface area contributed by atoms with Gasteiger partial charge in [0.25, 0.3) is 5.91 Å². The summed E-state index contributed by atoms with van der Waals surface area (Å²) in [5, 5.41) is 5.72. The van der Waals surface area contributed by atoms with E-state index in [0.717, 1.165) is 48.1 Å². The van der Waals surface area contributed by atoms with Gasteiger partial charge in [-0.05, 0) is 50.2 Å².